The van der Waals surface area contributed by atoms with Crippen LogP contribution in [0.2, 0.25) is 0 Å². The fourth-order valence-electron chi connectivity index (χ4n) is 1.63. The summed E-state index contributed by atoms with van der Waals surface area (Å²) >= 11 is 0. The first-order valence-electron chi connectivity index (χ1n) is 6.00. The smallest absolute Gasteiger partial charge is 0.247 e. The van der Waals surface area contributed by atoms with Gasteiger partial charge in [-0.3, -0.25) is 0 Å². The molecule has 1 atom stereocenters. The zero-order chi connectivity index (χ0) is 12.8. The zero-order valence-corrected chi connectivity index (χ0v) is 10.3. The molecule has 0 saturated heterocycles. The first kappa shape index (κ1) is 12.5. The number of aromatic nitrogens is 4. The summed E-state index contributed by atoms with van der Waals surface area (Å²) in [5, 5.41) is 23.6. The van der Waals surface area contributed by atoms with Crippen LogP contribution in [0.15, 0.2) is 30.3 Å². The monoisotopic (exact) mass is 247 g/mol. The first-order valence-corrected chi connectivity index (χ1v) is 6.00. The fraction of sp³-hybridized carbons (Fsp3) is 0.417. The van der Waals surface area contributed by atoms with Gasteiger partial charge in [0.2, 0.25) is 5.95 Å². The molecule has 1 heterocycles. The molecule has 1 aromatic heterocycles. The van der Waals surface area contributed by atoms with Gasteiger partial charge in [-0.25, -0.2) is 0 Å². The van der Waals surface area contributed by atoms with Crippen molar-refractivity contribution in [1.82, 2.24) is 20.2 Å². The maximum atomic E-state index is 8.85. The number of tetrazole rings is 1. The van der Waals surface area contributed by atoms with E-state index >= 15 is 0 Å². The molecule has 0 amide bonds. The summed E-state index contributed by atoms with van der Waals surface area (Å²) < 4.78 is 1.66. The summed E-state index contributed by atoms with van der Waals surface area (Å²) in [5.41, 5.74) is 0.916. The van der Waals surface area contributed by atoms with E-state index in [1.807, 2.05) is 30.3 Å². The number of nitrogens with zero attached hydrogens (tertiary/aromatic N) is 4. The Hall–Kier alpha value is -1.95. The molecule has 6 nitrogen and oxygen atoms in total. The van der Waals surface area contributed by atoms with Gasteiger partial charge in [0.05, 0.1) is 5.69 Å². The standard InChI is InChI=1S/C12H17N5O/c1-10(7-8-18)9-13-12-14-15-16-17(12)11-5-3-2-4-6-11/h2-6,10,18H,7-9H2,1H3,(H,13,14,16). The number of hydrogen-bond donors (Lipinski definition) is 2. The summed E-state index contributed by atoms with van der Waals surface area (Å²) in [6.07, 6.45) is 0.764. The third kappa shape index (κ3) is 3.04. The van der Waals surface area contributed by atoms with Crippen LogP contribution in [0.4, 0.5) is 5.95 Å². The Morgan fingerprint density at radius 2 is 2.11 bits per heavy atom. The van der Waals surface area contributed by atoms with Crippen LogP contribution in [-0.2, 0) is 0 Å². The summed E-state index contributed by atoms with van der Waals surface area (Å²) in [6.45, 7) is 3.00. The number of rotatable bonds is 6. The molecular formula is C12H17N5O. The van der Waals surface area contributed by atoms with Crippen molar-refractivity contribution in [2.45, 2.75) is 13.3 Å². The molecule has 6 heteroatoms. The molecule has 2 rings (SSSR count). The Bertz CT molecular complexity index is 470. The van der Waals surface area contributed by atoms with Gasteiger partial charge in [0.1, 0.15) is 0 Å². The van der Waals surface area contributed by atoms with Crippen molar-refractivity contribution < 1.29 is 5.11 Å². The lowest BCUT2D eigenvalue weighted by molar-refractivity contribution is 0.265. The molecule has 0 radical (unpaired) electrons. The minimum Gasteiger partial charge on any atom is -0.396 e. The van der Waals surface area contributed by atoms with Crippen LogP contribution in [0.5, 0.6) is 0 Å². The third-order valence-corrected chi connectivity index (χ3v) is 2.70. The van der Waals surface area contributed by atoms with Crippen molar-refractivity contribution in [3.63, 3.8) is 0 Å². The molecule has 0 fully saturated rings. The lowest BCUT2D eigenvalue weighted by atomic mass is 10.1. The van der Waals surface area contributed by atoms with Crippen LogP contribution in [0.3, 0.4) is 0 Å². The van der Waals surface area contributed by atoms with Crippen molar-refractivity contribution >= 4 is 5.95 Å². The van der Waals surface area contributed by atoms with E-state index in [1.165, 1.54) is 0 Å². The SMILES string of the molecule is CC(CCO)CNc1nnnn1-c1ccccc1. The third-order valence-electron chi connectivity index (χ3n) is 2.70. The highest BCUT2D eigenvalue weighted by Crippen LogP contribution is 2.11. The number of aliphatic hydroxyl groups is 1. The highest BCUT2D eigenvalue weighted by molar-refractivity contribution is 5.38. The number of aliphatic hydroxyl groups excluding tert-OH is 1. The molecule has 0 aliphatic carbocycles. The molecule has 2 aromatic rings. The highest BCUT2D eigenvalue weighted by Gasteiger charge is 2.08. The van der Waals surface area contributed by atoms with E-state index in [2.05, 4.69) is 27.8 Å². The number of benzene rings is 1. The molecule has 96 valence electrons. The van der Waals surface area contributed by atoms with Crippen molar-refractivity contribution in [3.8, 4) is 5.69 Å². The Morgan fingerprint density at radius 1 is 1.33 bits per heavy atom. The van der Waals surface area contributed by atoms with Gasteiger partial charge in [0, 0.05) is 13.2 Å². The zero-order valence-electron chi connectivity index (χ0n) is 10.3. The van der Waals surface area contributed by atoms with Gasteiger partial charge < -0.3 is 10.4 Å². The van der Waals surface area contributed by atoms with Crippen molar-refractivity contribution in [1.29, 1.82) is 0 Å². The molecular weight excluding hydrogens is 230 g/mol. The fourth-order valence-corrected chi connectivity index (χ4v) is 1.63. The van der Waals surface area contributed by atoms with Gasteiger partial charge in [-0.1, -0.05) is 30.2 Å². The number of anilines is 1. The maximum absolute atomic E-state index is 8.85. The summed E-state index contributed by atoms with van der Waals surface area (Å²) in [5.74, 6) is 0.988. The van der Waals surface area contributed by atoms with Gasteiger partial charge >= 0.3 is 0 Å². The van der Waals surface area contributed by atoms with Crippen molar-refractivity contribution in [2.24, 2.45) is 5.92 Å². The second-order valence-electron chi connectivity index (χ2n) is 4.25. The Balaban J connectivity index is 2.05. The molecule has 0 saturated carbocycles. The minimum atomic E-state index is 0.201. The van der Waals surface area contributed by atoms with E-state index in [0.29, 0.717) is 11.9 Å². The maximum Gasteiger partial charge on any atom is 0.247 e. The van der Waals surface area contributed by atoms with Crippen LogP contribution in [-0.4, -0.2) is 38.5 Å². The molecule has 0 spiro atoms. The van der Waals surface area contributed by atoms with Crippen LogP contribution in [0.25, 0.3) is 5.69 Å². The van der Waals surface area contributed by atoms with Gasteiger partial charge in [-0.05, 0) is 34.9 Å². The predicted molar refractivity (Wildman–Crippen MR) is 68.5 cm³/mol. The minimum absolute atomic E-state index is 0.201. The van der Waals surface area contributed by atoms with E-state index in [1.54, 1.807) is 4.68 Å². The average molecular weight is 247 g/mol. The van der Waals surface area contributed by atoms with E-state index in [9.17, 15) is 0 Å². The molecule has 1 unspecified atom stereocenters. The highest BCUT2D eigenvalue weighted by atomic mass is 16.3. The number of nitrogens with one attached hydrogen (secondary N) is 1. The molecule has 0 bridgehead atoms. The molecule has 18 heavy (non-hydrogen) atoms. The predicted octanol–water partition coefficient (Wildman–Crippen LogP) is 1.09. The summed E-state index contributed by atoms with van der Waals surface area (Å²) in [6, 6.07) is 9.71. The Morgan fingerprint density at radius 3 is 2.83 bits per heavy atom. The van der Waals surface area contributed by atoms with E-state index in [0.717, 1.165) is 18.7 Å². The van der Waals surface area contributed by atoms with Crippen molar-refractivity contribution in [2.75, 3.05) is 18.5 Å². The van der Waals surface area contributed by atoms with Gasteiger partial charge in [0.15, 0.2) is 0 Å². The normalized spacial score (nSPS) is 12.3. The summed E-state index contributed by atoms with van der Waals surface area (Å²) in [4.78, 5) is 0. The lowest BCUT2D eigenvalue weighted by Crippen LogP contribution is -2.15. The van der Waals surface area contributed by atoms with Crippen LogP contribution in [0.1, 0.15) is 13.3 Å². The van der Waals surface area contributed by atoms with E-state index in [4.69, 9.17) is 5.11 Å². The topological polar surface area (TPSA) is 75.9 Å². The Kier molecular flexibility index (Phi) is 4.25. The lowest BCUT2D eigenvalue weighted by Gasteiger charge is -2.11. The summed E-state index contributed by atoms with van der Waals surface area (Å²) in [7, 11) is 0. The quantitative estimate of drug-likeness (QED) is 0.799. The average Bonchev–Trinajstić information content (AvgIpc) is 2.86. The number of hydrogen-bond acceptors (Lipinski definition) is 5. The first-order chi connectivity index (χ1) is 8.81. The van der Waals surface area contributed by atoms with E-state index in [-0.39, 0.29) is 6.61 Å². The molecule has 0 aliphatic heterocycles. The van der Waals surface area contributed by atoms with Gasteiger partial charge in [-0.2, -0.15) is 4.68 Å². The van der Waals surface area contributed by atoms with E-state index < -0.39 is 0 Å². The van der Waals surface area contributed by atoms with Crippen LogP contribution < -0.4 is 5.32 Å². The largest absolute Gasteiger partial charge is 0.396 e. The van der Waals surface area contributed by atoms with Crippen molar-refractivity contribution in [3.05, 3.63) is 30.3 Å². The Labute approximate surface area is 106 Å². The van der Waals surface area contributed by atoms with Gasteiger partial charge in [0.25, 0.3) is 0 Å². The number of para-hydroxylation sites is 1. The van der Waals surface area contributed by atoms with Gasteiger partial charge in [-0.15, -0.1) is 0 Å². The van der Waals surface area contributed by atoms with Crippen LogP contribution >= 0.6 is 0 Å². The second-order valence-corrected chi connectivity index (χ2v) is 4.25. The molecule has 1 aromatic carbocycles. The second kappa shape index (κ2) is 6.11. The molecule has 0 aliphatic rings. The molecule has 2 N–H and O–H groups in total. The van der Waals surface area contributed by atoms with Crippen LogP contribution in [0, 0.1) is 5.92 Å².